The zero-order valence-corrected chi connectivity index (χ0v) is 16.8. The van der Waals surface area contributed by atoms with Gasteiger partial charge in [-0.05, 0) is 39.1 Å². The number of benzene rings is 2. The number of aliphatic hydroxyl groups is 1. The zero-order valence-electron chi connectivity index (χ0n) is 16.8. The van der Waals surface area contributed by atoms with Crippen molar-refractivity contribution in [2.24, 2.45) is 0 Å². The molecule has 6 nitrogen and oxygen atoms in total. The molecule has 2 aromatic rings. The Bertz CT molecular complexity index is 983. The van der Waals surface area contributed by atoms with Gasteiger partial charge < -0.3 is 19.8 Å². The van der Waals surface area contributed by atoms with Crippen LogP contribution in [0.5, 0.6) is 5.75 Å². The molecule has 0 unspecified atom stereocenters. The molecule has 0 aromatic heterocycles. The van der Waals surface area contributed by atoms with Crippen LogP contribution in [-0.4, -0.2) is 65.1 Å². The van der Waals surface area contributed by atoms with E-state index in [1.807, 2.05) is 25.9 Å². The molecule has 0 saturated carbocycles. The number of likely N-dealkylation sites (N-methyl/N-ethyl adjacent to an activating group) is 1. The number of rotatable bonds is 3. The number of ketones is 2. The number of aliphatic hydroxyl groups excluding tert-OH is 1. The molecule has 2 N–H and O–H groups in total. The summed E-state index contributed by atoms with van der Waals surface area (Å²) in [6.07, 6.45) is -0.148. The average Bonchev–Trinajstić information content (AvgIpc) is 2.70. The van der Waals surface area contributed by atoms with Crippen molar-refractivity contribution in [3.8, 4) is 5.75 Å². The highest BCUT2D eigenvalue weighted by Gasteiger charge is 2.38. The van der Waals surface area contributed by atoms with Crippen LogP contribution in [0.25, 0.3) is 0 Å². The SMILES string of the molecule is C[C@H]1O[C@@H](Cc2ccc3c(c2O)C(=O)c2ccccc2C3=O)C[C@H](N(C)C)[C@@H]1O. The lowest BCUT2D eigenvalue weighted by Gasteiger charge is -2.41. The van der Waals surface area contributed by atoms with Crippen LogP contribution in [0.4, 0.5) is 0 Å². The first-order valence-electron chi connectivity index (χ1n) is 9.82. The second-order valence-corrected chi connectivity index (χ2v) is 8.12. The lowest BCUT2D eigenvalue weighted by molar-refractivity contribution is -0.139. The van der Waals surface area contributed by atoms with Crippen LogP contribution in [0.15, 0.2) is 36.4 Å². The number of nitrogens with zero attached hydrogens (tertiary/aromatic N) is 1. The maximum atomic E-state index is 13.0. The molecule has 1 aliphatic heterocycles. The van der Waals surface area contributed by atoms with Crippen LogP contribution < -0.4 is 0 Å². The third-order valence-corrected chi connectivity index (χ3v) is 6.05. The Morgan fingerprint density at radius 3 is 2.34 bits per heavy atom. The molecule has 0 bridgehead atoms. The molecule has 1 aliphatic carbocycles. The van der Waals surface area contributed by atoms with Crippen molar-refractivity contribution in [2.45, 2.75) is 44.1 Å². The molecular formula is C23H25NO5. The fourth-order valence-electron chi connectivity index (χ4n) is 4.43. The first-order chi connectivity index (χ1) is 13.8. The van der Waals surface area contributed by atoms with Crippen LogP contribution in [-0.2, 0) is 11.2 Å². The molecular weight excluding hydrogens is 370 g/mol. The van der Waals surface area contributed by atoms with Gasteiger partial charge in [0.05, 0.1) is 23.9 Å². The predicted molar refractivity (Wildman–Crippen MR) is 108 cm³/mol. The first kappa shape index (κ1) is 19.8. The van der Waals surface area contributed by atoms with Gasteiger partial charge in [0.25, 0.3) is 0 Å². The van der Waals surface area contributed by atoms with Crippen LogP contribution in [0.2, 0.25) is 0 Å². The van der Waals surface area contributed by atoms with Crippen molar-refractivity contribution < 1.29 is 24.5 Å². The smallest absolute Gasteiger partial charge is 0.198 e. The number of phenolic OH excluding ortho intramolecular Hbond substituents is 1. The summed E-state index contributed by atoms with van der Waals surface area (Å²) in [4.78, 5) is 27.7. The van der Waals surface area contributed by atoms with Crippen molar-refractivity contribution in [3.63, 3.8) is 0 Å². The molecule has 4 rings (SSSR count). The monoisotopic (exact) mass is 395 g/mol. The molecule has 1 heterocycles. The molecule has 29 heavy (non-hydrogen) atoms. The van der Waals surface area contributed by atoms with Gasteiger partial charge in [0.1, 0.15) is 5.75 Å². The van der Waals surface area contributed by atoms with E-state index in [1.165, 1.54) is 0 Å². The summed E-state index contributed by atoms with van der Waals surface area (Å²) in [7, 11) is 3.84. The minimum atomic E-state index is -0.589. The molecule has 1 fully saturated rings. The van der Waals surface area contributed by atoms with E-state index in [-0.39, 0.29) is 46.7 Å². The average molecular weight is 395 g/mol. The Morgan fingerprint density at radius 2 is 1.69 bits per heavy atom. The number of carbonyl (C=O) groups is 2. The largest absolute Gasteiger partial charge is 0.507 e. The van der Waals surface area contributed by atoms with E-state index in [2.05, 4.69) is 0 Å². The Kier molecular flexibility index (Phi) is 5.02. The summed E-state index contributed by atoms with van der Waals surface area (Å²) in [5, 5.41) is 21.2. The predicted octanol–water partition coefficient (Wildman–Crippen LogP) is 2.18. The van der Waals surface area contributed by atoms with Crippen LogP contribution >= 0.6 is 0 Å². The van der Waals surface area contributed by atoms with E-state index in [9.17, 15) is 19.8 Å². The van der Waals surface area contributed by atoms with Gasteiger partial charge in [0, 0.05) is 29.2 Å². The fraction of sp³-hybridized carbons (Fsp3) is 0.391. The molecule has 152 valence electrons. The maximum absolute atomic E-state index is 13.0. The number of hydrogen-bond acceptors (Lipinski definition) is 6. The fourth-order valence-corrected chi connectivity index (χ4v) is 4.43. The Hall–Kier alpha value is -2.54. The van der Waals surface area contributed by atoms with Crippen LogP contribution in [0.3, 0.4) is 0 Å². The Balaban J connectivity index is 1.66. The maximum Gasteiger partial charge on any atom is 0.198 e. The third kappa shape index (κ3) is 3.27. The summed E-state index contributed by atoms with van der Waals surface area (Å²) in [6, 6.07) is 9.92. The third-order valence-electron chi connectivity index (χ3n) is 6.05. The molecule has 0 amide bonds. The van der Waals surface area contributed by atoms with E-state index >= 15 is 0 Å². The van der Waals surface area contributed by atoms with E-state index in [4.69, 9.17) is 4.74 Å². The quantitative estimate of drug-likeness (QED) is 0.707. The highest BCUT2D eigenvalue weighted by atomic mass is 16.5. The van der Waals surface area contributed by atoms with Crippen LogP contribution in [0.1, 0.15) is 50.8 Å². The van der Waals surface area contributed by atoms with Gasteiger partial charge in [-0.15, -0.1) is 0 Å². The Morgan fingerprint density at radius 1 is 1.03 bits per heavy atom. The number of ether oxygens (including phenoxy) is 1. The van der Waals surface area contributed by atoms with Crippen molar-refractivity contribution in [1.29, 1.82) is 0 Å². The summed E-state index contributed by atoms with van der Waals surface area (Å²) in [5.41, 5.74) is 1.55. The number of hydrogen-bond donors (Lipinski definition) is 2. The summed E-state index contributed by atoms with van der Waals surface area (Å²) in [6.45, 7) is 1.83. The van der Waals surface area contributed by atoms with E-state index in [0.29, 0.717) is 29.5 Å². The van der Waals surface area contributed by atoms with Gasteiger partial charge in [0.15, 0.2) is 11.6 Å². The minimum absolute atomic E-state index is 0.0568. The number of carbonyl (C=O) groups excluding carboxylic acids is 2. The van der Waals surface area contributed by atoms with Gasteiger partial charge in [0.2, 0.25) is 0 Å². The molecule has 0 radical (unpaired) electrons. The second kappa shape index (κ2) is 7.37. The molecule has 4 atom stereocenters. The summed E-state index contributed by atoms with van der Waals surface area (Å²) >= 11 is 0. The first-order valence-corrected chi connectivity index (χ1v) is 9.82. The normalized spacial score (nSPS) is 26.4. The van der Waals surface area contributed by atoms with Gasteiger partial charge >= 0.3 is 0 Å². The Labute approximate surface area is 169 Å². The standard InChI is InChI=1S/C23H25NO5/c1-12-20(25)18(24(2)3)11-14(29-12)10-13-8-9-17-19(21(13)26)23(28)16-7-5-4-6-15(16)22(17)27/h4-9,12,14,18,20,25-26H,10-11H2,1-3H3/t12-,14+,18+,20-/m1/s1. The number of phenols is 1. The van der Waals surface area contributed by atoms with Gasteiger partial charge in [-0.1, -0.05) is 30.3 Å². The lowest BCUT2D eigenvalue weighted by atomic mass is 9.82. The van der Waals surface area contributed by atoms with Crippen molar-refractivity contribution >= 4 is 11.6 Å². The van der Waals surface area contributed by atoms with E-state index < -0.39 is 6.10 Å². The van der Waals surface area contributed by atoms with Crippen molar-refractivity contribution in [2.75, 3.05) is 14.1 Å². The van der Waals surface area contributed by atoms with Crippen molar-refractivity contribution in [3.05, 3.63) is 64.2 Å². The van der Waals surface area contributed by atoms with Gasteiger partial charge in [-0.25, -0.2) is 0 Å². The van der Waals surface area contributed by atoms with E-state index in [1.54, 1.807) is 36.4 Å². The molecule has 1 saturated heterocycles. The van der Waals surface area contributed by atoms with Gasteiger partial charge in [-0.2, -0.15) is 0 Å². The van der Waals surface area contributed by atoms with E-state index in [0.717, 1.165) is 0 Å². The minimum Gasteiger partial charge on any atom is -0.507 e. The molecule has 0 spiro atoms. The number of aromatic hydroxyl groups is 1. The van der Waals surface area contributed by atoms with Crippen molar-refractivity contribution in [1.82, 2.24) is 4.90 Å². The summed E-state index contributed by atoms with van der Waals surface area (Å²) < 4.78 is 5.95. The zero-order chi connectivity index (χ0) is 20.9. The molecule has 2 aliphatic rings. The second-order valence-electron chi connectivity index (χ2n) is 8.12. The van der Waals surface area contributed by atoms with Gasteiger partial charge in [-0.3, -0.25) is 9.59 Å². The topological polar surface area (TPSA) is 87.1 Å². The highest BCUT2D eigenvalue weighted by Crippen LogP contribution is 2.36. The molecule has 6 heteroatoms. The molecule has 2 aromatic carbocycles. The lowest BCUT2D eigenvalue weighted by Crippen LogP contribution is -2.53. The number of fused-ring (bicyclic) bond motifs is 2. The summed E-state index contributed by atoms with van der Waals surface area (Å²) in [5.74, 6) is -0.747. The van der Waals surface area contributed by atoms with Crippen LogP contribution in [0, 0.1) is 0 Å². The highest BCUT2D eigenvalue weighted by molar-refractivity contribution is 6.29.